The van der Waals surface area contributed by atoms with Gasteiger partial charge in [-0.25, -0.2) is 0 Å². The van der Waals surface area contributed by atoms with Crippen LogP contribution in [0.3, 0.4) is 0 Å². The lowest BCUT2D eigenvalue weighted by Gasteiger charge is -2.29. The van der Waals surface area contributed by atoms with E-state index in [-0.39, 0.29) is 6.10 Å². The molecule has 0 spiro atoms. The topological polar surface area (TPSA) is 32.3 Å². The molecule has 2 heteroatoms. The minimum Gasteiger partial charge on any atom is -0.393 e. The fourth-order valence-electron chi connectivity index (χ4n) is 2.62. The maximum atomic E-state index is 9.71. The third-order valence-electron chi connectivity index (χ3n) is 4.00. The molecule has 0 amide bonds. The molecule has 1 saturated carbocycles. The normalized spacial score (nSPS) is 28.3. The number of hydrogen-bond acceptors (Lipinski definition) is 2. The molecule has 1 rings (SSSR count). The number of hydrogen-bond donors (Lipinski definition) is 2. The molecule has 16 heavy (non-hydrogen) atoms. The van der Waals surface area contributed by atoms with Gasteiger partial charge in [0, 0.05) is 6.04 Å². The Bertz CT molecular complexity index is 182. The van der Waals surface area contributed by atoms with Crippen LogP contribution in [0.25, 0.3) is 0 Å². The average molecular weight is 227 g/mol. The van der Waals surface area contributed by atoms with Crippen LogP contribution in [0.1, 0.15) is 59.3 Å². The van der Waals surface area contributed by atoms with Crippen molar-refractivity contribution in [2.45, 2.75) is 71.4 Å². The van der Waals surface area contributed by atoms with Crippen LogP contribution < -0.4 is 5.32 Å². The predicted molar refractivity (Wildman–Crippen MR) is 69.5 cm³/mol. The molecule has 1 aliphatic carbocycles. The smallest absolute Gasteiger partial charge is 0.0575 e. The molecule has 0 aromatic rings. The van der Waals surface area contributed by atoms with Gasteiger partial charge in [-0.3, -0.25) is 0 Å². The van der Waals surface area contributed by atoms with Gasteiger partial charge in [0.1, 0.15) is 0 Å². The molecule has 0 aromatic heterocycles. The first-order valence-corrected chi connectivity index (χ1v) is 7.05. The summed E-state index contributed by atoms with van der Waals surface area (Å²) in [5.41, 5.74) is 0. The van der Waals surface area contributed by atoms with E-state index in [2.05, 4.69) is 26.1 Å². The van der Waals surface area contributed by atoms with Crippen molar-refractivity contribution in [2.75, 3.05) is 6.54 Å². The second-order valence-electron chi connectivity index (χ2n) is 5.69. The molecule has 3 atom stereocenters. The molecule has 2 N–H and O–H groups in total. The molecular weight excluding hydrogens is 198 g/mol. The van der Waals surface area contributed by atoms with Crippen LogP contribution in [-0.2, 0) is 0 Å². The van der Waals surface area contributed by atoms with Gasteiger partial charge < -0.3 is 10.4 Å². The molecule has 1 aliphatic rings. The Morgan fingerprint density at radius 3 is 2.69 bits per heavy atom. The SMILES string of the molecule is CCC1CCCC(NCCC(O)C(C)C)C1. The monoisotopic (exact) mass is 227 g/mol. The minimum atomic E-state index is -0.141. The highest BCUT2D eigenvalue weighted by Crippen LogP contribution is 2.26. The number of nitrogens with one attached hydrogen (secondary N) is 1. The molecular formula is C14H29NO. The number of rotatable bonds is 6. The zero-order valence-corrected chi connectivity index (χ0v) is 11.2. The largest absolute Gasteiger partial charge is 0.393 e. The highest BCUT2D eigenvalue weighted by atomic mass is 16.3. The first-order chi connectivity index (χ1) is 7.63. The van der Waals surface area contributed by atoms with Crippen molar-refractivity contribution in [3.05, 3.63) is 0 Å². The summed E-state index contributed by atoms with van der Waals surface area (Å²) < 4.78 is 0. The zero-order valence-electron chi connectivity index (χ0n) is 11.2. The van der Waals surface area contributed by atoms with E-state index in [0.717, 1.165) is 18.9 Å². The van der Waals surface area contributed by atoms with Gasteiger partial charge in [0.2, 0.25) is 0 Å². The van der Waals surface area contributed by atoms with E-state index in [4.69, 9.17) is 0 Å². The van der Waals surface area contributed by atoms with Crippen molar-refractivity contribution in [3.8, 4) is 0 Å². The molecule has 0 saturated heterocycles. The first-order valence-electron chi connectivity index (χ1n) is 7.05. The highest BCUT2D eigenvalue weighted by molar-refractivity contribution is 4.77. The van der Waals surface area contributed by atoms with Gasteiger partial charge in [0.15, 0.2) is 0 Å². The van der Waals surface area contributed by atoms with Crippen LogP contribution >= 0.6 is 0 Å². The summed E-state index contributed by atoms with van der Waals surface area (Å²) in [6.45, 7) is 7.44. The Labute approximate surface area is 101 Å². The standard InChI is InChI=1S/C14H29NO/c1-4-12-6-5-7-13(10-12)15-9-8-14(16)11(2)3/h11-16H,4-10H2,1-3H3. The molecule has 0 aliphatic heterocycles. The van der Waals surface area contributed by atoms with Gasteiger partial charge in [-0.15, -0.1) is 0 Å². The number of aliphatic hydroxyl groups is 1. The molecule has 2 nitrogen and oxygen atoms in total. The van der Waals surface area contributed by atoms with Crippen LogP contribution in [0.5, 0.6) is 0 Å². The predicted octanol–water partition coefficient (Wildman–Crippen LogP) is 2.95. The van der Waals surface area contributed by atoms with E-state index < -0.39 is 0 Å². The van der Waals surface area contributed by atoms with Crippen molar-refractivity contribution < 1.29 is 5.11 Å². The average Bonchev–Trinajstić information content (AvgIpc) is 2.29. The number of aliphatic hydroxyl groups excluding tert-OH is 1. The second-order valence-corrected chi connectivity index (χ2v) is 5.69. The fraction of sp³-hybridized carbons (Fsp3) is 1.00. The van der Waals surface area contributed by atoms with Gasteiger partial charge in [0.05, 0.1) is 6.10 Å². The van der Waals surface area contributed by atoms with Crippen LogP contribution in [-0.4, -0.2) is 23.8 Å². The second kappa shape index (κ2) is 7.29. The van der Waals surface area contributed by atoms with E-state index in [0.29, 0.717) is 12.0 Å². The third kappa shape index (κ3) is 4.84. The molecule has 96 valence electrons. The maximum absolute atomic E-state index is 9.71. The van der Waals surface area contributed by atoms with E-state index in [1.807, 2.05) is 0 Å². The summed E-state index contributed by atoms with van der Waals surface area (Å²) in [6, 6.07) is 0.707. The third-order valence-corrected chi connectivity index (χ3v) is 4.00. The summed E-state index contributed by atoms with van der Waals surface area (Å²) in [4.78, 5) is 0. The Kier molecular flexibility index (Phi) is 6.37. The fourth-order valence-corrected chi connectivity index (χ4v) is 2.62. The van der Waals surface area contributed by atoms with Crippen molar-refractivity contribution >= 4 is 0 Å². The Morgan fingerprint density at radius 2 is 2.06 bits per heavy atom. The lowest BCUT2D eigenvalue weighted by molar-refractivity contribution is 0.114. The molecule has 0 bridgehead atoms. The van der Waals surface area contributed by atoms with Gasteiger partial charge in [0.25, 0.3) is 0 Å². The van der Waals surface area contributed by atoms with Crippen LogP contribution in [0, 0.1) is 11.8 Å². The quantitative estimate of drug-likeness (QED) is 0.731. The Balaban J connectivity index is 2.12. The molecule has 0 aromatic carbocycles. The lowest BCUT2D eigenvalue weighted by atomic mass is 9.84. The van der Waals surface area contributed by atoms with E-state index >= 15 is 0 Å². The summed E-state index contributed by atoms with van der Waals surface area (Å²) in [5.74, 6) is 1.32. The van der Waals surface area contributed by atoms with E-state index in [9.17, 15) is 5.11 Å². The summed E-state index contributed by atoms with van der Waals surface area (Å²) in [5, 5.41) is 13.3. The Hall–Kier alpha value is -0.0800. The van der Waals surface area contributed by atoms with Crippen LogP contribution in [0.2, 0.25) is 0 Å². The molecule has 3 unspecified atom stereocenters. The highest BCUT2D eigenvalue weighted by Gasteiger charge is 2.20. The molecule has 1 fully saturated rings. The van der Waals surface area contributed by atoms with Gasteiger partial charge in [-0.1, -0.05) is 40.0 Å². The van der Waals surface area contributed by atoms with E-state index in [1.54, 1.807) is 0 Å². The van der Waals surface area contributed by atoms with Gasteiger partial charge in [-0.05, 0) is 37.6 Å². The van der Waals surface area contributed by atoms with Crippen molar-refractivity contribution in [1.82, 2.24) is 5.32 Å². The van der Waals surface area contributed by atoms with Gasteiger partial charge in [-0.2, -0.15) is 0 Å². The van der Waals surface area contributed by atoms with Crippen molar-refractivity contribution in [1.29, 1.82) is 0 Å². The minimum absolute atomic E-state index is 0.141. The molecule has 0 radical (unpaired) electrons. The first kappa shape index (κ1) is 14.0. The maximum Gasteiger partial charge on any atom is 0.0575 e. The van der Waals surface area contributed by atoms with E-state index in [1.165, 1.54) is 32.1 Å². The Morgan fingerprint density at radius 1 is 1.31 bits per heavy atom. The zero-order chi connectivity index (χ0) is 12.0. The van der Waals surface area contributed by atoms with Gasteiger partial charge >= 0.3 is 0 Å². The van der Waals surface area contributed by atoms with Crippen molar-refractivity contribution in [3.63, 3.8) is 0 Å². The summed E-state index contributed by atoms with van der Waals surface area (Å²) in [6.07, 6.45) is 7.55. The summed E-state index contributed by atoms with van der Waals surface area (Å²) in [7, 11) is 0. The van der Waals surface area contributed by atoms with Crippen LogP contribution in [0.15, 0.2) is 0 Å². The molecule has 0 heterocycles. The van der Waals surface area contributed by atoms with Crippen LogP contribution in [0.4, 0.5) is 0 Å². The summed E-state index contributed by atoms with van der Waals surface area (Å²) >= 11 is 0. The lowest BCUT2D eigenvalue weighted by Crippen LogP contribution is -2.36. The van der Waals surface area contributed by atoms with Crippen molar-refractivity contribution in [2.24, 2.45) is 11.8 Å².